The summed E-state index contributed by atoms with van der Waals surface area (Å²) >= 11 is 3.09. The third-order valence-electron chi connectivity index (χ3n) is 3.18. The first-order chi connectivity index (χ1) is 10.8. The summed E-state index contributed by atoms with van der Waals surface area (Å²) in [7, 11) is 0. The second-order valence-corrected chi connectivity index (χ2v) is 6.42. The molecule has 5 nitrogen and oxygen atoms in total. The van der Waals surface area contributed by atoms with Gasteiger partial charge in [-0.2, -0.15) is 0 Å². The molecule has 22 heavy (non-hydrogen) atoms. The van der Waals surface area contributed by atoms with E-state index in [2.05, 4.69) is 20.6 Å². The molecule has 0 saturated heterocycles. The van der Waals surface area contributed by atoms with Crippen LogP contribution in [0.2, 0.25) is 0 Å². The van der Waals surface area contributed by atoms with Crippen LogP contribution in [0.15, 0.2) is 47.4 Å². The number of carbonyl (C=O) groups is 1. The molecule has 4 aromatic rings. The van der Waals surface area contributed by atoms with Gasteiger partial charge in [0.15, 0.2) is 0 Å². The van der Waals surface area contributed by atoms with E-state index in [1.54, 1.807) is 33.7 Å². The van der Waals surface area contributed by atoms with Crippen molar-refractivity contribution in [2.24, 2.45) is 0 Å². The highest BCUT2D eigenvalue weighted by Crippen LogP contribution is 2.23. The summed E-state index contributed by atoms with van der Waals surface area (Å²) in [4.78, 5) is 20.5. The van der Waals surface area contributed by atoms with E-state index in [9.17, 15) is 4.79 Å². The van der Waals surface area contributed by atoms with Crippen molar-refractivity contribution in [2.45, 2.75) is 0 Å². The van der Waals surface area contributed by atoms with Crippen LogP contribution in [0.3, 0.4) is 0 Å². The van der Waals surface area contributed by atoms with E-state index in [-0.39, 0.29) is 6.03 Å². The molecule has 0 fully saturated rings. The fourth-order valence-electron chi connectivity index (χ4n) is 2.16. The summed E-state index contributed by atoms with van der Waals surface area (Å²) < 4.78 is 2.09. The van der Waals surface area contributed by atoms with Crippen LogP contribution in [0.1, 0.15) is 0 Å². The number of nitrogens with one attached hydrogen (secondary N) is 2. The van der Waals surface area contributed by atoms with Gasteiger partial charge < -0.3 is 10.6 Å². The van der Waals surface area contributed by atoms with Crippen molar-refractivity contribution in [2.75, 3.05) is 10.6 Å². The molecule has 2 amide bonds. The van der Waals surface area contributed by atoms with Gasteiger partial charge in [-0.3, -0.25) is 0 Å². The third kappa shape index (κ3) is 2.51. The Hall–Kier alpha value is -2.51. The van der Waals surface area contributed by atoms with E-state index >= 15 is 0 Å². The number of amides is 2. The average Bonchev–Trinajstić information content (AvgIpc) is 3.14. The van der Waals surface area contributed by atoms with Crippen molar-refractivity contribution >= 4 is 60.5 Å². The standard InChI is InChI=1S/C15H10N4OS2/c20-15(18-9-1-3-11-13(5-9)21-7-16-11)19-10-2-4-12-14(6-10)22-8-17-12/h1-8H,(H2,18,19,20). The number of anilines is 2. The number of rotatable bonds is 2. The monoisotopic (exact) mass is 326 g/mol. The Morgan fingerprint density at radius 1 is 0.818 bits per heavy atom. The first-order valence-corrected chi connectivity index (χ1v) is 8.28. The predicted octanol–water partition coefficient (Wildman–Crippen LogP) is 4.55. The Morgan fingerprint density at radius 3 is 1.82 bits per heavy atom. The highest BCUT2D eigenvalue weighted by molar-refractivity contribution is 7.17. The Bertz CT molecular complexity index is 898. The number of urea groups is 1. The number of hydrogen-bond acceptors (Lipinski definition) is 5. The van der Waals surface area contributed by atoms with Crippen molar-refractivity contribution in [1.29, 1.82) is 0 Å². The summed E-state index contributed by atoms with van der Waals surface area (Å²) in [6, 6.07) is 11.0. The lowest BCUT2D eigenvalue weighted by atomic mass is 10.3. The maximum atomic E-state index is 12.1. The Labute approximate surface area is 133 Å². The van der Waals surface area contributed by atoms with Crippen LogP contribution in [0, 0.1) is 0 Å². The zero-order chi connectivity index (χ0) is 14.9. The molecule has 0 bridgehead atoms. The fraction of sp³-hybridized carbons (Fsp3) is 0. The van der Waals surface area contributed by atoms with Crippen molar-refractivity contribution < 1.29 is 4.79 Å². The van der Waals surface area contributed by atoms with Gasteiger partial charge in [0.05, 0.1) is 31.5 Å². The predicted molar refractivity (Wildman–Crippen MR) is 91.9 cm³/mol. The van der Waals surface area contributed by atoms with Gasteiger partial charge in [0, 0.05) is 11.4 Å². The zero-order valence-corrected chi connectivity index (χ0v) is 12.9. The van der Waals surface area contributed by atoms with Crippen molar-refractivity contribution in [3.05, 3.63) is 47.4 Å². The van der Waals surface area contributed by atoms with E-state index in [1.807, 2.05) is 36.4 Å². The van der Waals surface area contributed by atoms with Crippen LogP contribution < -0.4 is 10.6 Å². The lowest BCUT2D eigenvalue weighted by Crippen LogP contribution is -2.19. The lowest BCUT2D eigenvalue weighted by Gasteiger charge is -2.07. The third-order valence-corrected chi connectivity index (χ3v) is 4.76. The Balaban J connectivity index is 1.51. The lowest BCUT2D eigenvalue weighted by molar-refractivity contribution is 0.262. The van der Waals surface area contributed by atoms with Crippen LogP contribution >= 0.6 is 22.7 Å². The quantitative estimate of drug-likeness (QED) is 0.568. The molecule has 0 aliphatic rings. The molecular weight excluding hydrogens is 316 g/mol. The summed E-state index contributed by atoms with van der Waals surface area (Å²) in [6.07, 6.45) is 0. The smallest absolute Gasteiger partial charge is 0.308 e. The van der Waals surface area contributed by atoms with Crippen molar-refractivity contribution in [3.63, 3.8) is 0 Å². The number of aromatic nitrogens is 2. The number of fused-ring (bicyclic) bond motifs is 2. The van der Waals surface area contributed by atoms with Gasteiger partial charge in [0.1, 0.15) is 0 Å². The minimum absolute atomic E-state index is 0.271. The van der Waals surface area contributed by atoms with Gasteiger partial charge in [-0.15, -0.1) is 22.7 Å². The van der Waals surface area contributed by atoms with Gasteiger partial charge in [-0.25, -0.2) is 14.8 Å². The number of hydrogen-bond donors (Lipinski definition) is 2. The molecule has 0 aliphatic heterocycles. The molecule has 2 heterocycles. The van der Waals surface area contributed by atoms with Gasteiger partial charge in [0.25, 0.3) is 0 Å². The van der Waals surface area contributed by atoms with E-state index in [0.717, 1.165) is 31.8 Å². The molecule has 2 aromatic carbocycles. The highest BCUT2D eigenvalue weighted by atomic mass is 32.1. The van der Waals surface area contributed by atoms with Crippen LogP contribution in [-0.2, 0) is 0 Å². The van der Waals surface area contributed by atoms with Crippen LogP contribution in [0.25, 0.3) is 20.4 Å². The first kappa shape index (κ1) is 13.2. The second-order valence-electron chi connectivity index (χ2n) is 4.65. The topological polar surface area (TPSA) is 66.9 Å². The minimum Gasteiger partial charge on any atom is -0.308 e. The summed E-state index contributed by atoms with van der Waals surface area (Å²) in [5, 5.41) is 5.66. The average molecular weight is 326 g/mol. The summed E-state index contributed by atoms with van der Waals surface area (Å²) in [5.41, 5.74) is 6.94. The van der Waals surface area contributed by atoms with E-state index < -0.39 is 0 Å². The summed E-state index contributed by atoms with van der Waals surface area (Å²) in [6.45, 7) is 0. The molecule has 4 rings (SSSR count). The molecule has 0 spiro atoms. The van der Waals surface area contributed by atoms with Crippen LogP contribution in [-0.4, -0.2) is 16.0 Å². The highest BCUT2D eigenvalue weighted by Gasteiger charge is 2.06. The number of thiazole rings is 2. The zero-order valence-electron chi connectivity index (χ0n) is 11.2. The molecule has 0 radical (unpaired) electrons. The van der Waals surface area contributed by atoms with Crippen molar-refractivity contribution in [1.82, 2.24) is 9.97 Å². The molecule has 7 heteroatoms. The van der Waals surface area contributed by atoms with E-state index in [1.165, 1.54) is 0 Å². The maximum Gasteiger partial charge on any atom is 0.323 e. The fourth-order valence-corrected chi connectivity index (χ4v) is 3.59. The van der Waals surface area contributed by atoms with E-state index in [4.69, 9.17) is 0 Å². The molecular formula is C15H10N4OS2. The molecule has 108 valence electrons. The number of nitrogens with zero attached hydrogens (tertiary/aromatic N) is 2. The Kier molecular flexibility index (Phi) is 3.21. The summed E-state index contributed by atoms with van der Waals surface area (Å²) in [5.74, 6) is 0. The van der Waals surface area contributed by atoms with Gasteiger partial charge in [0.2, 0.25) is 0 Å². The molecule has 0 unspecified atom stereocenters. The number of benzene rings is 2. The molecule has 0 saturated carbocycles. The second kappa shape index (κ2) is 5.36. The molecule has 0 atom stereocenters. The van der Waals surface area contributed by atoms with Gasteiger partial charge in [-0.1, -0.05) is 0 Å². The van der Waals surface area contributed by atoms with Crippen LogP contribution in [0.4, 0.5) is 16.2 Å². The molecule has 2 aromatic heterocycles. The number of carbonyl (C=O) groups excluding carboxylic acids is 1. The van der Waals surface area contributed by atoms with Crippen LogP contribution in [0.5, 0.6) is 0 Å². The minimum atomic E-state index is -0.271. The SMILES string of the molecule is O=C(Nc1ccc2ncsc2c1)Nc1ccc2ncsc2c1. The maximum absolute atomic E-state index is 12.1. The molecule has 0 aliphatic carbocycles. The largest absolute Gasteiger partial charge is 0.323 e. The first-order valence-electron chi connectivity index (χ1n) is 6.52. The molecule has 2 N–H and O–H groups in total. The van der Waals surface area contributed by atoms with Gasteiger partial charge in [-0.05, 0) is 36.4 Å². The van der Waals surface area contributed by atoms with Crippen molar-refractivity contribution in [3.8, 4) is 0 Å². The van der Waals surface area contributed by atoms with E-state index in [0.29, 0.717) is 0 Å². The Morgan fingerprint density at radius 2 is 1.32 bits per heavy atom. The van der Waals surface area contributed by atoms with Gasteiger partial charge >= 0.3 is 6.03 Å². The normalized spacial score (nSPS) is 10.9.